The van der Waals surface area contributed by atoms with Crippen molar-refractivity contribution in [3.63, 3.8) is 0 Å². The maximum Gasteiger partial charge on any atom is 0.257 e. The van der Waals surface area contributed by atoms with Crippen molar-refractivity contribution >= 4 is 44.8 Å². The van der Waals surface area contributed by atoms with Crippen LogP contribution in [-0.2, 0) is 10.0 Å². The Morgan fingerprint density at radius 3 is 2.38 bits per heavy atom. The van der Waals surface area contributed by atoms with E-state index in [0.717, 1.165) is 17.0 Å². The Hall–Kier alpha value is -2.58. The second kappa shape index (κ2) is 9.28. The maximum absolute atomic E-state index is 12.8. The van der Waals surface area contributed by atoms with E-state index in [9.17, 15) is 18.0 Å². The Morgan fingerprint density at radius 1 is 1.10 bits per heavy atom. The summed E-state index contributed by atoms with van der Waals surface area (Å²) in [6.45, 7) is 3.85. The van der Waals surface area contributed by atoms with Crippen LogP contribution in [0.5, 0.6) is 0 Å². The van der Waals surface area contributed by atoms with Crippen molar-refractivity contribution in [2.75, 3.05) is 22.9 Å². The molecule has 156 valence electrons. The first-order valence-electron chi connectivity index (χ1n) is 8.99. The van der Waals surface area contributed by atoms with Gasteiger partial charge in [-0.1, -0.05) is 30.7 Å². The Balaban J connectivity index is 2.33. The van der Waals surface area contributed by atoms with Gasteiger partial charge in [0.15, 0.2) is 0 Å². The van der Waals surface area contributed by atoms with Crippen molar-refractivity contribution in [3.05, 3.63) is 58.6 Å². The van der Waals surface area contributed by atoms with Crippen LogP contribution in [0.15, 0.2) is 42.5 Å². The lowest BCUT2D eigenvalue weighted by atomic mass is 10.1. The van der Waals surface area contributed by atoms with E-state index in [1.54, 1.807) is 24.3 Å². The largest absolute Gasteiger partial charge is 0.350 e. The van der Waals surface area contributed by atoms with Gasteiger partial charge < -0.3 is 10.6 Å². The van der Waals surface area contributed by atoms with Crippen molar-refractivity contribution in [1.82, 2.24) is 5.32 Å². The smallest absolute Gasteiger partial charge is 0.257 e. The van der Waals surface area contributed by atoms with Crippen LogP contribution in [0.2, 0.25) is 5.02 Å². The van der Waals surface area contributed by atoms with E-state index in [2.05, 4.69) is 10.6 Å². The third-order valence-corrected chi connectivity index (χ3v) is 6.00. The summed E-state index contributed by atoms with van der Waals surface area (Å²) in [5.74, 6) is -0.852. The quantitative estimate of drug-likeness (QED) is 0.692. The summed E-state index contributed by atoms with van der Waals surface area (Å²) in [6, 6.07) is 11.0. The van der Waals surface area contributed by atoms with Gasteiger partial charge in [0.05, 0.1) is 33.8 Å². The average Bonchev–Trinajstić information content (AvgIpc) is 2.67. The van der Waals surface area contributed by atoms with Gasteiger partial charge in [-0.25, -0.2) is 8.42 Å². The van der Waals surface area contributed by atoms with Crippen LogP contribution >= 0.6 is 11.6 Å². The van der Waals surface area contributed by atoms with Crippen molar-refractivity contribution in [3.8, 4) is 0 Å². The minimum absolute atomic E-state index is 0.0103. The van der Waals surface area contributed by atoms with Gasteiger partial charge in [0.25, 0.3) is 11.8 Å². The summed E-state index contributed by atoms with van der Waals surface area (Å²) < 4.78 is 24.6. The van der Waals surface area contributed by atoms with E-state index >= 15 is 0 Å². The Bertz CT molecular complexity index is 1020. The van der Waals surface area contributed by atoms with Crippen molar-refractivity contribution in [1.29, 1.82) is 0 Å². The lowest BCUT2D eigenvalue weighted by molar-refractivity contribution is 0.0940. The highest BCUT2D eigenvalue weighted by Gasteiger charge is 2.19. The second-order valence-corrected chi connectivity index (χ2v) is 9.10. The number of amides is 2. The number of nitrogens with zero attached hydrogens (tertiary/aromatic N) is 1. The molecule has 0 aliphatic rings. The molecular formula is C20H24ClN3O4S. The van der Waals surface area contributed by atoms with E-state index in [1.807, 2.05) is 13.8 Å². The number of halogens is 1. The van der Waals surface area contributed by atoms with Gasteiger partial charge in [-0.05, 0) is 43.7 Å². The van der Waals surface area contributed by atoms with Gasteiger partial charge in [0.2, 0.25) is 10.0 Å². The molecule has 2 amide bonds. The Morgan fingerprint density at radius 2 is 1.76 bits per heavy atom. The predicted octanol–water partition coefficient (Wildman–Crippen LogP) is 3.52. The van der Waals surface area contributed by atoms with E-state index in [-0.39, 0.29) is 22.5 Å². The molecule has 0 fully saturated rings. The molecule has 0 heterocycles. The molecule has 0 aliphatic carbocycles. The fourth-order valence-electron chi connectivity index (χ4n) is 2.46. The van der Waals surface area contributed by atoms with Crippen LogP contribution in [-0.4, -0.2) is 39.6 Å². The summed E-state index contributed by atoms with van der Waals surface area (Å²) in [4.78, 5) is 25.3. The number of hydrogen-bond acceptors (Lipinski definition) is 4. The van der Waals surface area contributed by atoms with Gasteiger partial charge in [-0.3, -0.25) is 13.9 Å². The molecule has 0 aliphatic heterocycles. The third kappa shape index (κ3) is 5.71. The minimum atomic E-state index is -3.50. The number of anilines is 2. The molecule has 0 spiro atoms. The van der Waals surface area contributed by atoms with Crippen molar-refractivity contribution < 1.29 is 18.0 Å². The summed E-state index contributed by atoms with van der Waals surface area (Å²) in [7, 11) is -2.11. The van der Waals surface area contributed by atoms with Crippen LogP contribution in [0.3, 0.4) is 0 Å². The first-order chi connectivity index (χ1) is 13.5. The summed E-state index contributed by atoms with van der Waals surface area (Å²) in [5.41, 5.74) is 1.04. The maximum atomic E-state index is 12.8. The highest BCUT2D eigenvalue weighted by atomic mass is 35.5. The molecular weight excluding hydrogens is 414 g/mol. The van der Waals surface area contributed by atoms with Gasteiger partial charge in [0, 0.05) is 13.1 Å². The van der Waals surface area contributed by atoms with Crippen LogP contribution in [0.25, 0.3) is 0 Å². The van der Waals surface area contributed by atoms with E-state index in [0.29, 0.717) is 16.9 Å². The van der Waals surface area contributed by atoms with E-state index in [4.69, 9.17) is 11.6 Å². The zero-order valence-corrected chi connectivity index (χ0v) is 18.3. The zero-order valence-electron chi connectivity index (χ0n) is 16.7. The Kier molecular flexibility index (Phi) is 7.26. The molecule has 2 rings (SSSR count). The number of rotatable bonds is 7. The predicted molar refractivity (Wildman–Crippen MR) is 116 cm³/mol. The highest BCUT2D eigenvalue weighted by Crippen LogP contribution is 2.25. The average molecular weight is 438 g/mol. The number of benzene rings is 2. The van der Waals surface area contributed by atoms with Crippen LogP contribution in [0.1, 0.15) is 41.0 Å². The standard InChI is InChI=1S/C20H24ClN3O4S/c1-5-13(2)22-19(25)15-8-6-7-9-18(15)23-20(26)16-12-14(10-11-17(16)21)24(3)29(4,27)28/h6-13H,5H2,1-4H3,(H,22,25)(H,23,26). The molecule has 0 saturated heterocycles. The van der Waals surface area contributed by atoms with Gasteiger partial charge in [-0.15, -0.1) is 0 Å². The molecule has 2 N–H and O–H groups in total. The SMILES string of the molecule is CCC(C)NC(=O)c1ccccc1NC(=O)c1cc(N(C)S(C)(=O)=O)ccc1Cl. The number of carbonyl (C=O) groups is 2. The van der Waals surface area contributed by atoms with Crippen LogP contribution in [0, 0.1) is 0 Å². The molecule has 2 aromatic rings. The lowest BCUT2D eigenvalue weighted by Crippen LogP contribution is -2.32. The summed E-state index contributed by atoms with van der Waals surface area (Å²) >= 11 is 6.16. The number of nitrogens with one attached hydrogen (secondary N) is 2. The molecule has 1 atom stereocenters. The molecule has 1 unspecified atom stereocenters. The zero-order chi connectivity index (χ0) is 21.8. The normalized spacial score (nSPS) is 12.2. The van der Waals surface area contributed by atoms with Crippen molar-refractivity contribution in [2.45, 2.75) is 26.3 Å². The van der Waals surface area contributed by atoms with Crippen LogP contribution < -0.4 is 14.9 Å². The molecule has 2 aromatic carbocycles. The molecule has 9 heteroatoms. The molecule has 0 saturated carbocycles. The molecule has 0 radical (unpaired) electrons. The molecule has 7 nitrogen and oxygen atoms in total. The lowest BCUT2D eigenvalue weighted by Gasteiger charge is -2.18. The molecule has 0 bridgehead atoms. The summed E-state index contributed by atoms with van der Waals surface area (Å²) in [5, 5.41) is 5.72. The minimum Gasteiger partial charge on any atom is -0.350 e. The van der Waals surface area contributed by atoms with Crippen molar-refractivity contribution in [2.24, 2.45) is 0 Å². The van der Waals surface area contributed by atoms with E-state index in [1.165, 1.54) is 25.2 Å². The molecule has 29 heavy (non-hydrogen) atoms. The topological polar surface area (TPSA) is 95.6 Å². The van der Waals surface area contributed by atoms with Gasteiger partial charge in [-0.2, -0.15) is 0 Å². The monoisotopic (exact) mass is 437 g/mol. The number of sulfonamides is 1. The summed E-state index contributed by atoms with van der Waals surface area (Å²) in [6.07, 6.45) is 1.84. The highest BCUT2D eigenvalue weighted by molar-refractivity contribution is 7.92. The number of carbonyl (C=O) groups excluding carboxylic acids is 2. The molecule has 0 aromatic heterocycles. The fourth-order valence-corrected chi connectivity index (χ4v) is 3.16. The fraction of sp³-hybridized carbons (Fsp3) is 0.300. The van der Waals surface area contributed by atoms with Gasteiger partial charge >= 0.3 is 0 Å². The van der Waals surface area contributed by atoms with Crippen LogP contribution in [0.4, 0.5) is 11.4 Å². The van der Waals surface area contributed by atoms with E-state index < -0.39 is 15.9 Å². The number of hydrogen-bond donors (Lipinski definition) is 2. The second-order valence-electron chi connectivity index (χ2n) is 6.68. The first kappa shape index (κ1) is 22.7. The first-order valence-corrected chi connectivity index (χ1v) is 11.2. The van der Waals surface area contributed by atoms with Gasteiger partial charge in [0.1, 0.15) is 0 Å². The number of para-hydroxylation sites is 1. The Labute approximate surface area is 176 Å². The third-order valence-electron chi connectivity index (χ3n) is 4.47.